The standard InChI is InChI=1S/C12H8BrCl2NO/c13-6-8-1-4-12(16-7-8)17-9-2-3-10(14)11(15)5-9/h1-5,7H,6H2. The van der Waals surface area contributed by atoms with E-state index in [1.165, 1.54) is 0 Å². The lowest BCUT2D eigenvalue weighted by Crippen LogP contribution is -1.88. The molecule has 0 aliphatic rings. The normalized spacial score (nSPS) is 10.3. The van der Waals surface area contributed by atoms with Crippen LogP contribution in [0.2, 0.25) is 10.0 Å². The molecule has 1 aromatic carbocycles. The van der Waals surface area contributed by atoms with Crippen molar-refractivity contribution in [2.75, 3.05) is 0 Å². The molecule has 0 N–H and O–H groups in total. The van der Waals surface area contributed by atoms with Gasteiger partial charge in [-0.05, 0) is 17.7 Å². The van der Waals surface area contributed by atoms with E-state index in [-0.39, 0.29) is 0 Å². The Hall–Kier alpha value is -0.770. The molecule has 5 heteroatoms. The van der Waals surface area contributed by atoms with Gasteiger partial charge in [0, 0.05) is 23.7 Å². The second-order valence-electron chi connectivity index (χ2n) is 3.32. The molecule has 0 aliphatic carbocycles. The van der Waals surface area contributed by atoms with E-state index in [2.05, 4.69) is 20.9 Å². The summed E-state index contributed by atoms with van der Waals surface area (Å²) in [5, 5.41) is 1.73. The number of benzene rings is 1. The molecule has 0 aliphatic heterocycles. The number of halogens is 3. The average Bonchev–Trinajstić information content (AvgIpc) is 2.35. The van der Waals surface area contributed by atoms with Crippen molar-refractivity contribution in [1.29, 1.82) is 0 Å². The van der Waals surface area contributed by atoms with E-state index >= 15 is 0 Å². The first-order valence-electron chi connectivity index (χ1n) is 4.83. The van der Waals surface area contributed by atoms with Crippen molar-refractivity contribution in [1.82, 2.24) is 4.98 Å². The number of hydrogen-bond donors (Lipinski definition) is 0. The van der Waals surface area contributed by atoms with Gasteiger partial charge in [-0.15, -0.1) is 0 Å². The summed E-state index contributed by atoms with van der Waals surface area (Å²) in [6, 6.07) is 8.83. The smallest absolute Gasteiger partial charge is 0.219 e. The highest BCUT2D eigenvalue weighted by molar-refractivity contribution is 9.08. The van der Waals surface area contributed by atoms with Crippen LogP contribution in [0.1, 0.15) is 5.56 Å². The van der Waals surface area contributed by atoms with Crippen LogP contribution in [0, 0.1) is 0 Å². The molecule has 0 amide bonds. The fraction of sp³-hybridized carbons (Fsp3) is 0.0833. The monoisotopic (exact) mass is 331 g/mol. The van der Waals surface area contributed by atoms with Crippen LogP contribution in [0.15, 0.2) is 36.5 Å². The van der Waals surface area contributed by atoms with Crippen LogP contribution >= 0.6 is 39.1 Å². The van der Waals surface area contributed by atoms with Crippen LogP contribution in [-0.4, -0.2) is 4.98 Å². The molecule has 0 atom stereocenters. The molecule has 0 unspecified atom stereocenters. The van der Waals surface area contributed by atoms with Crippen LogP contribution in [0.3, 0.4) is 0 Å². The molecule has 1 aromatic heterocycles. The first-order chi connectivity index (χ1) is 8.19. The van der Waals surface area contributed by atoms with Crippen LogP contribution in [0.5, 0.6) is 11.6 Å². The average molecular weight is 333 g/mol. The number of hydrogen-bond acceptors (Lipinski definition) is 2. The van der Waals surface area contributed by atoms with Gasteiger partial charge < -0.3 is 4.74 Å². The van der Waals surface area contributed by atoms with Gasteiger partial charge >= 0.3 is 0 Å². The first-order valence-corrected chi connectivity index (χ1v) is 6.70. The van der Waals surface area contributed by atoms with Gasteiger partial charge in [-0.25, -0.2) is 4.98 Å². The Balaban J connectivity index is 2.16. The summed E-state index contributed by atoms with van der Waals surface area (Å²) in [4.78, 5) is 4.17. The van der Waals surface area contributed by atoms with Gasteiger partial charge in [0.05, 0.1) is 10.0 Å². The summed E-state index contributed by atoms with van der Waals surface area (Å²) in [5.74, 6) is 1.13. The largest absolute Gasteiger partial charge is 0.439 e. The third-order valence-electron chi connectivity index (χ3n) is 2.07. The highest BCUT2D eigenvalue weighted by Crippen LogP contribution is 2.28. The molecule has 1 heterocycles. The van der Waals surface area contributed by atoms with E-state index < -0.39 is 0 Å². The Labute approximate surface area is 118 Å². The van der Waals surface area contributed by atoms with Crippen molar-refractivity contribution in [3.05, 3.63) is 52.1 Å². The van der Waals surface area contributed by atoms with Crippen LogP contribution in [0.25, 0.3) is 0 Å². The number of pyridine rings is 1. The van der Waals surface area contributed by atoms with Crippen molar-refractivity contribution >= 4 is 39.1 Å². The number of ether oxygens (including phenoxy) is 1. The lowest BCUT2D eigenvalue weighted by molar-refractivity contribution is 0.463. The second-order valence-corrected chi connectivity index (χ2v) is 4.69. The molecule has 0 fully saturated rings. The molecule has 88 valence electrons. The van der Waals surface area contributed by atoms with Crippen molar-refractivity contribution in [2.45, 2.75) is 5.33 Å². The summed E-state index contributed by atoms with van der Waals surface area (Å²) in [5.41, 5.74) is 1.09. The van der Waals surface area contributed by atoms with Crippen LogP contribution < -0.4 is 4.74 Å². The zero-order valence-electron chi connectivity index (χ0n) is 8.66. The summed E-state index contributed by atoms with van der Waals surface area (Å²) < 4.78 is 5.54. The minimum atomic E-state index is 0.459. The third kappa shape index (κ3) is 3.35. The van der Waals surface area contributed by atoms with Gasteiger partial charge in [-0.1, -0.05) is 45.2 Å². The van der Waals surface area contributed by atoms with Gasteiger partial charge in [0.15, 0.2) is 0 Å². The molecule has 0 spiro atoms. The van der Waals surface area contributed by atoms with E-state index in [0.717, 1.165) is 10.9 Å². The predicted molar refractivity (Wildman–Crippen MR) is 73.4 cm³/mol. The summed E-state index contributed by atoms with van der Waals surface area (Å²) in [6.07, 6.45) is 1.75. The fourth-order valence-electron chi connectivity index (χ4n) is 1.21. The van der Waals surface area contributed by atoms with E-state index in [1.807, 2.05) is 6.07 Å². The molecular formula is C12H8BrCl2NO. The second kappa shape index (κ2) is 5.71. The van der Waals surface area contributed by atoms with Gasteiger partial charge in [0.25, 0.3) is 0 Å². The van der Waals surface area contributed by atoms with E-state index in [9.17, 15) is 0 Å². The van der Waals surface area contributed by atoms with Gasteiger partial charge in [-0.3, -0.25) is 0 Å². The minimum absolute atomic E-state index is 0.459. The first kappa shape index (κ1) is 12.7. The zero-order chi connectivity index (χ0) is 12.3. The van der Waals surface area contributed by atoms with Crippen molar-refractivity contribution in [3.8, 4) is 11.6 Å². The maximum atomic E-state index is 5.89. The predicted octanol–water partition coefficient (Wildman–Crippen LogP) is 5.08. The number of alkyl halides is 1. The fourth-order valence-corrected chi connectivity index (χ4v) is 1.83. The third-order valence-corrected chi connectivity index (χ3v) is 3.45. The number of aromatic nitrogens is 1. The Kier molecular flexibility index (Phi) is 4.26. The van der Waals surface area contributed by atoms with Gasteiger partial charge in [-0.2, -0.15) is 0 Å². The highest BCUT2D eigenvalue weighted by atomic mass is 79.9. The minimum Gasteiger partial charge on any atom is -0.439 e. The lowest BCUT2D eigenvalue weighted by Gasteiger charge is -2.05. The molecule has 2 rings (SSSR count). The molecule has 2 aromatic rings. The molecular weight excluding hydrogens is 325 g/mol. The lowest BCUT2D eigenvalue weighted by atomic mass is 10.3. The summed E-state index contributed by atoms with van der Waals surface area (Å²) in [6.45, 7) is 0. The Bertz CT molecular complexity index is 516. The maximum Gasteiger partial charge on any atom is 0.219 e. The van der Waals surface area contributed by atoms with Crippen LogP contribution in [-0.2, 0) is 5.33 Å². The van der Waals surface area contributed by atoms with Crippen LogP contribution in [0.4, 0.5) is 0 Å². The Morgan fingerprint density at radius 3 is 2.53 bits per heavy atom. The quantitative estimate of drug-likeness (QED) is 0.731. The number of nitrogens with zero attached hydrogens (tertiary/aromatic N) is 1. The summed E-state index contributed by atoms with van der Waals surface area (Å²) >= 11 is 15.1. The Morgan fingerprint density at radius 1 is 1.12 bits per heavy atom. The molecule has 0 radical (unpaired) electrons. The summed E-state index contributed by atoms with van der Waals surface area (Å²) in [7, 11) is 0. The zero-order valence-corrected chi connectivity index (χ0v) is 11.8. The van der Waals surface area contributed by atoms with E-state index in [0.29, 0.717) is 21.7 Å². The number of rotatable bonds is 3. The molecule has 0 saturated carbocycles. The highest BCUT2D eigenvalue weighted by Gasteiger charge is 2.02. The van der Waals surface area contributed by atoms with Crippen molar-refractivity contribution in [2.24, 2.45) is 0 Å². The maximum absolute atomic E-state index is 5.89. The van der Waals surface area contributed by atoms with Gasteiger partial charge in [0.2, 0.25) is 5.88 Å². The van der Waals surface area contributed by atoms with E-state index in [4.69, 9.17) is 27.9 Å². The van der Waals surface area contributed by atoms with Crippen molar-refractivity contribution in [3.63, 3.8) is 0 Å². The Morgan fingerprint density at radius 2 is 1.94 bits per heavy atom. The molecule has 0 bridgehead atoms. The SMILES string of the molecule is Clc1ccc(Oc2ccc(CBr)cn2)cc1Cl. The van der Waals surface area contributed by atoms with Crippen molar-refractivity contribution < 1.29 is 4.74 Å². The topological polar surface area (TPSA) is 22.1 Å². The van der Waals surface area contributed by atoms with Gasteiger partial charge in [0.1, 0.15) is 5.75 Å². The van der Waals surface area contributed by atoms with E-state index in [1.54, 1.807) is 30.5 Å². The molecule has 17 heavy (non-hydrogen) atoms. The molecule has 0 saturated heterocycles. The molecule has 2 nitrogen and oxygen atoms in total.